The zero-order valence-corrected chi connectivity index (χ0v) is 12.3. The van der Waals surface area contributed by atoms with Crippen molar-refractivity contribution in [2.75, 3.05) is 13.7 Å². The molecule has 6 heteroatoms. The first-order valence-corrected chi connectivity index (χ1v) is 7.23. The number of nitrogens with zero attached hydrogens (tertiary/aromatic N) is 2. The Morgan fingerprint density at radius 3 is 2.94 bits per heavy atom. The fourth-order valence-electron chi connectivity index (χ4n) is 2.77. The van der Waals surface area contributed by atoms with Crippen LogP contribution in [0.4, 0.5) is 0 Å². The number of hydrogen-bond donors (Lipinski definition) is 2. The molecular weight excluding hydrogens is 296 g/mol. The van der Waals surface area contributed by atoms with Crippen LogP contribution in [0.3, 0.4) is 0 Å². The zero-order chi connectivity index (χ0) is 13.0. The molecule has 2 rings (SSSR count). The van der Waals surface area contributed by atoms with Crippen LogP contribution in [0.2, 0.25) is 0 Å². The van der Waals surface area contributed by atoms with Crippen LogP contribution in [0.25, 0.3) is 0 Å². The van der Waals surface area contributed by atoms with Crippen molar-refractivity contribution in [2.24, 2.45) is 11.8 Å². The highest BCUT2D eigenvalue weighted by Gasteiger charge is 2.29. The first kappa shape index (κ1) is 14.0. The molecular formula is C12H21BrN4O. The summed E-state index contributed by atoms with van der Waals surface area (Å²) >= 11 is 3.58. The van der Waals surface area contributed by atoms with E-state index in [1.807, 2.05) is 10.9 Å². The third-order valence-corrected chi connectivity index (χ3v) is 4.30. The van der Waals surface area contributed by atoms with Gasteiger partial charge in [-0.05, 0) is 34.7 Å². The van der Waals surface area contributed by atoms with Crippen LogP contribution in [0, 0.1) is 5.92 Å². The Hall–Kier alpha value is -0.430. The highest BCUT2D eigenvalue weighted by atomic mass is 79.9. The van der Waals surface area contributed by atoms with Crippen molar-refractivity contribution in [3.05, 3.63) is 16.4 Å². The van der Waals surface area contributed by atoms with Gasteiger partial charge in [0.05, 0.1) is 35.6 Å². The van der Waals surface area contributed by atoms with Crippen LogP contribution in [0.15, 0.2) is 10.7 Å². The molecule has 0 amide bonds. The number of halogens is 1. The SMILES string of the molecule is COCCn1ncc(Br)c1C(NN)C1CCCC1. The van der Waals surface area contributed by atoms with Crippen molar-refractivity contribution >= 4 is 15.9 Å². The molecule has 1 aliphatic rings. The van der Waals surface area contributed by atoms with Gasteiger partial charge in [0.2, 0.25) is 0 Å². The molecule has 0 radical (unpaired) electrons. The minimum atomic E-state index is 0.168. The van der Waals surface area contributed by atoms with E-state index in [2.05, 4.69) is 26.5 Å². The summed E-state index contributed by atoms with van der Waals surface area (Å²) in [5.74, 6) is 6.37. The fraction of sp³-hybridized carbons (Fsp3) is 0.750. The molecule has 0 aromatic carbocycles. The Kier molecular flexibility index (Phi) is 5.17. The quantitative estimate of drug-likeness (QED) is 0.622. The maximum Gasteiger partial charge on any atom is 0.0713 e. The molecule has 1 fully saturated rings. The lowest BCUT2D eigenvalue weighted by Crippen LogP contribution is -2.34. The zero-order valence-electron chi connectivity index (χ0n) is 10.7. The number of hydrogen-bond acceptors (Lipinski definition) is 4. The number of ether oxygens (including phenoxy) is 1. The van der Waals surface area contributed by atoms with Crippen LogP contribution in [-0.2, 0) is 11.3 Å². The van der Waals surface area contributed by atoms with Gasteiger partial charge in [0.15, 0.2) is 0 Å². The molecule has 18 heavy (non-hydrogen) atoms. The van der Waals surface area contributed by atoms with Gasteiger partial charge in [-0.3, -0.25) is 16.0 Å². The fourth-order valence-corrected chi connectivity index (χ4v) is 3.31. The number of aromatic nitrogens is 2. The van der Waals surface area contributed by atoms with E-state index in [0.717, 1.165) is 16.7 Å². The maximum atomic E-state index is 5.77. The van der Waals surface area contributed by atoms with Crippen molar-refractivity contribution in [1.29, 1.82) is 0 Å². The van der Waals surface area contributed by atoms with Crippen LogP contribution in [-0.4, -0.2) is 23.5 Å². The van der Waals surface area contributed by atoms with Crippen LogP contribution >= 0.6 is 15.9 Å². The molecule has 1 saturated carbocycles. The first-order valence-electron chi connectivity index (χ1n) is 6.44. The van der Waals surface area contributed by atoms with Gasteiger partial charge in [-0.2, -0.15) is 5.10 Å². The van der Waals surface area contributed by atoms with E-state index >= 15 is 0 Å². The molecule has 5 nitrogen and oxygen atoms in total. The summed E-state index contributed by atoms with van der Waals surface area (Å²) in [6.45, 7) is 1.41. The monoisotopic (exact) mass is 316 g/mol. The molecule has 0 saturated heterocycles. The standard InChI is InChI=1S/C12H21BrN4O/c1-18-7-6-17-12(10(13)8-15-17)11(16-14)9-4-2-3-5-9/h8-9,11,16H,2-7,14H2,1H3. The van der Waals surface area contributed by atoms with Gasteiger partial charge in [-0.1, -0.05) is 12.8 Å². The van der Waals surface area contributed by atoms with E-state index < -0.39 is 0 Å². The summed E-state index contributed by atoms with van der Waals surface area (Å²) in [6, 6.07) is 0.168. The van der Waals surface area contributed by atoms with E-state index in [1.165, 1.54) is 25.7 Å². The van der Waals surface area contributed by atoms with Gasteiger partial charge in [0.1, 0.15) is 0 Å². The summed E-state index contributed by atoms with van der Waals surface area (Å²) < 4.78 is 8.13. The average Bonchev–Trinajstić information content (AvgIpc) is 3.00. The highest BCUT2D eigenvalue weighted by Crippen LogP contribution is 2.37. The number of nitrogens with one attached hydrogen (secondary N) is 1. The third kappa shape index (κ3) is 2.93. The summed E-state index contributed by atoms with van der Waals surface area (Å²) in [4.78, 5) is 0. The van der Waals surface area contributed by atoms with E-state index in [0.29, 0.717) is 12.5 Å². The van der Waals surface area contributed by atoms with Crippen LogP contribution in [0.1, 0.15) is 37.4 Å². The second kappa shape index (κ2) is 6.65. The van der Waals surface area contributed by atoms with Gasteiger partial charge >= 0.3 is 0 Å². The summed E-state index contributed by atoms with van der Waals surface area (Å²) in [6.07, 6.45) is 6.90. The lowest BCUT2D eigenvalue weighted by Gasteiger charge is -2.24. The van der Waals surface area contributed by atoms with Gasteiger partial charge in [-0.15, -0.1) is 0 Å². The number of nitrogens with two attached hydrogens (primary N) is 1. The molecule has 0 bridgehead atoms. The number of methoxy groups -OCH3 is 1. The molecule has 1 aliphatic carbocycles. The minimum absolute atomic E-state index is 0.168. The van der Waals surface area contributed by atoms with Gasteiger partial charge < -0.3 is 4.74 Å². The smallest absolute Gasteiger partial charge is 0.0713 e. The Morgan fingerprint density at radius 2 is 2.33 bits per heavy atom. The van der Waals surface area contributed by atoms with Gasteiger partial charge in [0.25, 0.3) is 0 Å². The lowest BCUT2D eigenvalue weighted by atomic mass is 9.96. The first-order chi connectivity index (χ1) is 8.77. The molecule has 1 aromatic rings. The summed E-state index contributed by atoms with van der Waals surface area (Å²) in [5, 5.41) is 4.39. The molecule has 1 atom stereocenters. The topological polar surface area (TPSA) is 65.1 Å². The lowest BCUT2D eigenvalue weighted by molar-refractivity contribution is 0.180. The van der Waals surface area contributed by atoms with Crippen LogP contribution in [0.5, 0.6) is 0 Å². The summed E-state index contributed by atoms with van der Waals surface area (Å²) in [7, 11) is 1.70. The van der Waals surface area contributed by atoms with Crippen molar-refractivity contribution in [1.82, 2.24) is 15.2 Å². The van der Waals surface area contributed by atoms with Crippen molar-refractivity contribution in [2.45, 2.75) is 38.3 Å². The van der Waals surface area contributed by atoms with E-state index in [-0.39, 0.29) is 6.04 Å². The highest BCUT2D eigenvalue weighted by molar-refractivity contribution is 9.10. The average molecular weight is 317 g/mol. The molecule has 102 valence electrons. The Labute approximate surface area is 116 Å². The summed E-state index contributed by atoms with van der Waals surface area (Å²) in [5.41, 5.74) is 4.11. The normalized spacial score (nSPS) is 18.4. The Morgan fingerprint density at radius 1 is 1.61 bits per heavy atom. The number of hydrazine groups is 1. The molecule has 3 N–H and O–H groups in total. The van der Waals surface area contributed by atoms with E-state index in [1.54, 1.807) is 7.11 Å². The van der Waals surface area contributed by atoms with Crippen molar-refractivity contribution in [3.8, 4) is 0 Å². The molecule has 0 spiro atoms. The Balaban J connectivity index is 2.20. The third-order valence-electron chi connectivity index (χ3n) is 3.69. The van der Waals surface area contributed by atoms with Gasteiger partial charge in [-0.25, -0.2) is 0 Å². The Bertz CT molecular complexity index is 376. The van der Waals surface area contributed by atoms with Crippen molar-refractivity contribution in [3.63, 3.8) is 0 Å². The van der Waals surface area contributed by atoms with E-state index in [9.17, 15) is 0 Å². The predicted molar refractivity (Wildman–Crippen MR) is 73.8 cm³/mol. The minimum Gasteiger partial charge on any atom is -0.383 e. The molecule has 0 aliphatic heterocycles. The molecule has 1 aromatic heterocycles. The maximum absolute atomic E-state index is 5.77. The van der Waals surface area contributed by atoms with Crippen molar-refractivity contribution < 1.29 is 4.74 Å². The predicted octanol–water partition coefficient (Wildman–Crippen LogP) is 1.99. The number of rotatable bonds is 6. The largest absolute Gasteiger partial charge is 0.383 e. The van der Waals surface area contributed by atoms with Gasteiger partial charge in [0, 0.05) is 7.11 Å². The molecule has 1 unspecified atom stereocenters. The second-order valence-corrected chi connectivity index (χ2v) is 5.64. The second-order valence-electron chi connectivity index (χ2n) is 4.78. The van der Waals surface area contributed by atoms with E-state index in [4.69, 9.17) is 10.6 Å². The molecule has 1 heterocycles. The van der Waals surface area contributed by atoms with Crippen LogP contribution < -0.4 is 11.3 Å².